The minimum absolute atomic E-state index is 0.0706. The molecule has 10 heteroatoms. The normalized spacial score (nSPS) is 50.1. The number of ether oxygens (including phenoxy) is 5. The van der Waals surface area contributed by atoms with Crippen LogP contribution in [0.4, 0.5) is 0 Å². The van der Waals surface area contributed by atoms with E-state index in [1.54, 1.807) is 13.2 Å². The number of aliphatic hydroxyl groups is 2. The predicted molar refractivity (Wildman–Crippen MR) is 148 cm³/mol. The number of carbonyl (C=O) groups is 3. The summed E-state index contributed by atoms with van der Waals surface area (Å²) in [5, 5.41) is 24.7. The van der Waals surface area contributed by atoms with E-state index in [-0.39, 0.29) is 35.9 Å². The monoisotopic (exact) mass is 590 g/mol. The van der Waals surface area contributed by atoms with E-state index < -0.39 is 46.5 Å². The van der Waals surface area contributed by atoms with Gasteiger partial charge in [0, 0.05) is 38.4 Å². The lowest BCUT2D eigenvalue weighted by Gasteiger charge is -2.65. The van der Waals surface area contributed by atoms with Crippen LogP contribution >= 0.6 is 0 Å². The molecule has 10 nitrogen and oxygen atoms in total. The zero-order valence-corrected chi connectivity index (χ0v) is 25.2. The summed E-state index contributed by atoms with van der Waals surface area (Å²) >= 11 is 0. The lowest BCUT2D eigenvalue weighted by Crippen LogP contribution is -2.69. The van der Waals surface area contributed by atoms with Gasteiger partial charge in [0.1, 0.15) is 19.0 Å². The summed E-state index contributed by atoms with van der Waals surface area (Å²) in [7, 11) is 1.57. The zero-order chi connectivity index (χ0) is 30.1. The van der Waals surface area contributed by atoms with Crippen molar-refractivity contribution in [1.82, 2.24) is 0 Å². The second-order valence-corrected chi connectivity index (χ2v) is 14.1. The van der Waals surface area contributed by atoms with Crippen LogP contribution in [0.5, 0.6) is 0 Å². The number of carbonyl (C=O) groups excluding carboxylic acids is 3. The highest BCUT2D eigenvalue weighted by molar-refractivity contribution is 5.85. The molecule has 0 bridgehead atoms. The molecule has 12 atom stereocenters. The van der Waals surface area contributed by atoms with Gasteiger partial charge in [-0.3, -0.25) is 4.79 Å². The Kier molecular flexibility index (Phi) is 7.65. The van der Waals surface area contributed by atoms with Crippen LogP contribution in [-0.2, 0) is 38.1 Å². The maximum absolute atomic E-state index is 13.1. The average molecular weight is 591 g/mol. The van der Waals surface area contributed by atoms with Gasteiger partial charge in [0.25, 0.3) is 0 Å². The van der Waals surface area contributed by atoms with Gasteiger partial charge in [-0.05, 0) is 81.6 Å². The van der Waals surface area contributed by atoms with Crippen LogP contribution in [0, 0.1) is 28.6 Å². The standard InChI is InChI=1S/C32H46O10/c1-18-28(41-19(2)34)25(38-4)14-27(40-18)42-21-5-10-30(17-33)23-6-9-29(3)22(20-13-26(35)39-16-20)8-12-32(29,37)24(23)7-11-31(30,36)15-21/h13,17-18,21-25,27-28,36-37H,5-12,14-16H2,1-4H3/t18-,21-,22-,23+,24-,25-,27+,28+,29+,30-,31+,32-/m0/s1. The van der Waals surface area contributed by atoms with Crippen LogP contribution in [0.15, 0.2) is 11.6 Å². The number of hydrogen-bond acceptors (Lipinski definition) is 10. The molecule has 1 saturated heterocycles. The highest BCUT2D eigenvalue weighted by Crippen LogP contribution is 2.70. The van der Waals surface area contributed by atoms with Gasteiger partial charge in [0.05, 0.1) is 28.8 Å². The Morgan fingerprint density at radius 1 is 1.10 bits per heavy atom. The number of hydrogen-bond donors (Lipinski definition) is 2. The summed E-state index contributed by atoms with van der Waals surface area (Å²) in [6.07, 6.45) is 6.06. The molecular formula is C32H46O10. The van der Waals surface area contributed by atoms with Crippen LogP contribution in [0.25, 0.3) is 0 Å². The zero-order valence-electron chi connectivity index (χ0n) is 25.2. The Morgan fingerprint density at radius 2 is 1.86 bits per heavy atom. The first kappa shape index (κ1) is 30.2. The molecule has 2 N–H and O–H groups in total. The average Bonchev–Trinajstić information content (AvgIpc) is 3.48. The Bertz CT molecular complexity index is 1140. The second-order valence-electron chi connectivity index (χ2n) is 14.1. The Hall–Kier alpha value is -1.85. The van der Waals surface area contributed by atoms with E-state index in [9.17, 15) is 24.6 Å². The smallest absolute Gasteiger partial charge is 0.331 e. The van der Waals surface area contributed by atoms with Crippen molar-refractivity contribution in [3.63, 3.8) is 0 Å². The van der Waals surface area contributed by atoms with Gasteiger partial charge < -0.3 is 38.7 Å². The molecule has 42 heavy (non-hydrogen) atoms. The van der Waals surface area contributed by atoms with E-state index in [1.807, 2.05) is 6.92 Å². The summed E-state index contributed by atoms with van der Waals surface area (Å²) in [4.78, 5) is 36.5. The maximum atomic E-state index is 13.1. The summed E-state index contributed by atoms with van der Waals surface area (Å²) in [6.45, 7) is 5.63. The number of aldehydes is 1. The first-order chi connectivity index (χ1) is 19.9. The number of methoxy groups -OCH3 is 1. The lowest BCUT2D eigenvalue weighted by molar-refractivity contribution is -0.289. The quantitative estimate of drug-likeness (QED) is 0.270. The molecule has 0 aromatic heterocycles. The largest absolute Gasteiger partial charge is 0.458 e. The van der Waals surface area contributed by atoms with E-state index in [4.69, 9.17) is 23.7 Å². The van der Waals surface area contributed by atoms with Crippen LogP contribution < -0.4 is 0 Å². The highest BCUT2D eigenvalue weighted by Gasteiger charge is 2.71. The van der Waals surface area contributed by atoms with E-state index >= 15 is 0 Å². The van der Waals surface area contributed by atoms with Crippen LogP contribution in [0.3, 0.4) is 0 Å². The minimum atomic E-state index is -1.24. The molecule has 0 aromatic carbocycles. The first-order valence-electron chi connectivity index (χ1n) is 15.7. The lowest BCUT2D eigenvalue weighted by atomic mass is 9.41. The first-order valence-corrected chi connectivity index (χ1v) is 15.7. The van der Waals surface area contributed by atoms with Crippen molar-refractivity contribution in [1.29, 1.82) is 0 Å². The minimum Gasteiger partial charge on any atom is -0.458 e. The molecule has 234 valence electrons. The fourth-order valence-corrected chi connectivity index (χ4v) is 10.3. The molecule has 5 fully saturated rings. The number of cyclic esters (lactones) is 1. The van der Waals surface area contributed by atoms with Crippen molar-refractivity contribution in [2.45, 2.75) is 127 Å². The third-order valence-corrected chi connectivity index (χ3v) is 12.4. The van der Waals surface area contributed by atoms with Gasteiger partial charge in [-0.1, -0.05) is 6.92 Å². The van der Waals surface area contributed by atoms with Gasteiger partial charge in [-0.15, -0.1) is 0 Å². The molecule has 0 spiro atoms. The highest BCUT2D eigenvalue weighted by atomic mass is 16.7. The van der Waals surface area contributed by atoms with Crippen molar-refractivity contribution >= 4 is 18.2 Å². The number of rotatable bonds is 6. The third-order valence-electron chi connectivity index (χ3n) is 12.4. The third kappa shape index (κ3) is 4.42. The summed E-state index contributed by atoms with van der Waals surface area (Å²) in [5.41, 5.74) is -2.60. The predicted octanol–water partition coefficient (Wildman–Crippen LogP) is 3.00. The maximum Gasteiger partial charge on any atom is 0.331 e. The van der Waals surface area contributed by atoms with E-state index in [0.29, 0.717) is 51.6 Å². The van der Waals surface area contributed by atoms with Crippen molar-refractivity contribution in [3.8, 4) is 0 Å². The number of esters is 2. The number of fused-ring (bicyclic) bond motifs is 5. The molecule has 0 aromatic rings. The Balaban J connectivity index is 1.18. The van der Waals surface area contributed by atoms with Crippen LogP contribution in [0.1, 0.15) is 85.0 Å². The molecule has 0 amide bonds. The van der Waals surface area contributed by atoms with Gasteiger partial charge in [-0.25, -0.2) is 4.79 Å². The van der Waals surface area contributed by atoms with E-state index in [1.165, 1.54) is 6.92 Å². The SMILES string of the molecule is CO[C@H]1C[C@@H](O[C@H]2CC[C@]3(C=O)[C@@H]4CC[C@]5(C)[C@H](C6=CC(=O)OC6)CC[C@]5(O)[C@H]4CC[C@@]3(O)C2)O[C@@H](C)[C@H]1OC(C)=O. The fourth-order valence-electron chi connectivity index (χ4n) is 10.3. The van der Waals surface area contributed by atoms with Crippen molar-refractivity contribution in [2.75, 3.05) is 13.7 Å². The molecular weight excluding hydrogens is 544 g/mol. The molecule has 6 rings (SSSR count). The molecule has 0 radical (unpaired) electrons. The van der Waals surface area contributed by atoms with E-state index in [0.717, 1.165) is 31.1 Å². The second kappa shape index (κ2) is 10.6. The molecule has 2 heterocycles. The van der Waals surface area contributed by atoms with Gasteiger partial charge in [-0.2, -0.15) is 0 Å². The summed E-state index contributed by atoms with van der Waals surface area (Å²) in [5.74, 6) is -0.871. The summed E-state index contributed by atoms with van der Waals surface area (Å²) < 4.78 is 28.7. The fraction of sp³-hybridized carbons (Fsp3) is 0.844. The van der Waals surface area contributed by atoms with Crippen molar-refractivity contribution < 1.29 is 48.3 Å². The van der Waals surface area contributed by atoms with Gasteiger partial charge in [0.15, 0.2) is 12.4 Å². The van der Waals surface area contributed by atoms with Crippen molar-refractivity contribution in [2.24, 2.45) is 28.6 Å². The molecule has 4 saturated carbocycles. The molecule has 0 unspecified atom stereocenters. The van der Waals surface area contributed by atoms with Crippen molar-refractivity contribution in [3.05, 3.63) is 11.6 Å². The van der Waals surface area contributed by atoms with Crippen LogP contribution in [-0.4, -0.2) is 84.1 Å². The molecule has 2 aliphatic heterocycles. The topological polar surface area (TPSA) is 138 Å². The van der Waals surface area contributed by atoms with Gasteiger partial charge >= 0.3 is 11.9 Å². The summed E-state index contributed by atoms with van der Waals surface area (Å²) in [6, 6.07) is 0. The molecule has 4 aliphatic carbocycles. The Labute approximate surface area is 247 Å². The van der Waals surface area contributed by atoms with Crippen LogP contribution in [0.2, 0.25) is 0 Å². The Morgan fingerprint density at radius 3 is 2.52 bits per heavy atom. The van der Waals surface area contributed by atoms with Gasteiger partial charge in [0.2, 0.25) is 0 Å². The van der Waals surface area contributed by atoms with E-state index in [2.05, 4.69) is 6.92 Å². The molecule has 6 aliphatic rings.